The molecule has 0 saturated heterocycles. The lowest BCUT2D eigenvalue weighted by Crippen LogP contribution is -2.32. The lowest BCUT2D eigenvalue weighted by molar-refractivity contribution is -0.151. The average Bonchev–Trinajstić information content (AvgIpc) is 2.66. The minimum absolute atomic E-state index is 0.109. The Hall–Kier alpha value is -3.29. The topological polar surface area (TPSA) is 75.7 Å². The molecule has 6 nitrogen and oxygen atoms in total. The fraction of sp³-hybridized carbons (Fsp3) is 0.250. The van der Waals surface area contributed by atoms with E-state index in [4.69, 9.17) is 4.74 Å². The van der Waals surface area contributed by atoms with Crippen LogP contribution >= 0.6 is 0 Å². The van der Waals surface area contributed by atoms with Crippen LogP contribution in [0.25, 0.3) is 0 Å². The molecule has 0 aliphatic carbocycles. The maximum Gasteiger partial charge on any atom is 0.308 e. The van der Waals surface area contributed by atoms with Gasteiger partial charge in [-0.15, -0.1) is 0 Å². The highest BCUT2D eigenvalue weighted by atomic mass is 19.1. The van der Waals surface area contributed by atoms with Crippen molar-refractivity contribution < 1.29 is 27.9 Å². The molecule has 0 fully saturated rings. The van der Waals surface area contributed by atoms with Crippen LogP contribution in [0.15, 0.2) is 48.5 Å². The van der Waals surface area contributed by atoms with Gasteiger partial charge in [-0.05, 0) is 17.7 Å². The first-order valence-corrected chi connectivity index (χ1v) is 8.53. The Morgan fingerprint density at radius 3 is 2.46 bits per heavy atom. The van der Waals surface area contributed by atoms with Crippen molar-refractivity contribution in [1.82, 2.24) is 10.2 Å². The summed E-state index contributed by atoms with van der Waals surface area (Å²) in [5, 5.41) is 2.34. The molecule has 0 saturated carbocycles. The van der Waals surface area contributed by atoms with E-state index in [1.54, 1.807) is 7.05 Å². The van der Waals surface area contributed by atoms with E-state index in [9.17, 15) is 23.2 Å². The van der Waals surface area contributed by atoms with Gasteiger partial charge >= 0.3 is 5.97 Å². The van der Waals surface area contributed by atoms with Gasteiger partial charge in [0.2, 0.25) is 0 Å². The van der Waals surface area contributed by atoms with E-state index in [-0.39, 0.29) is 24.4 Å². The summed E-state index contributed by atoms with van der Waals surface area (Å²) in [6.07, 6.45) is -0.190. The number of halogens is 2. The van der Waals surface area contributed by atoms with Crippen LogP contribution < -0.4 is 5.32 Å². The zero-order chi connectivity index (χ0) is 20.5. The monoisotopic (exact) mass is 390 g/mol. The molecule has 0 unspecified atom stereocenters. The normalized spacial score (nSPS) is 10.2. The first-order valence-electron chi connectivity index (χ1n) is 8.53. The van der Waals surface area contributed by atoms with Crippen molar-refractivity contribution in [3.63, 3.8) is 0 Å². The molecule has 0 heterocycles. The standard InChI is InChI=1S/C20H20F2N2O4/c1-24(12-14-5-3-2-4-6-14)18(25)13-28-19(26)9-10-23-20(27)16-8-7-15(21)11-17(16)22/h2-8,11H,9-10,12-13H2,1H3,(H,23,27). The van der Waals surface area contributed by atoms with E-state index in [1.165, 1.54) is 4.90 Å². The van der Waals surface area contributed by atoms with Crippen LogP contribution in [-0.2, 0) is 20.9 Å². The Kier molecular flexibility index (Phi) is 7.62. The zero-order valence-corrected chi connectivity index (χ0v) is 15.3. The maximum atomic E-state index is 13.5. The summed E-state index contributed by atoms with van der Waals surface area (Å²) in [7, 11) is 1.60. The van der Waals surface area contributed by atoms with Gasteiger partial charge in [-0.3, -0.25) is 14.4 Å². The highest BCUT2D eigenvalue weighted by Gasteiger charge is 2.15. The van der Waals surface area contributed by atoms with Crippen molar-refractivity contribution in [3.05, 3.63) is 71.3 Å². The van der Waals surface area contributed by atoms with E-state index < -0.39 is 30.1 Å². The summed E-state index contributed by atoms with van der Waals surface area (Å²) in [5.41, 5.74) is 0.618. The Bertz CT molecular complexity index is 843. The molecule has 0 aliphatic rings. The third-order valence-corrected chi connectivity index (χ3v) is 3.84. The number of hydrogen-bond donors (Lipinski definition) is 1. The second-order valence-electron chi connectivity index (χ2n) is 6.03. The number of esters is 1. The molecule has 2 aromatic rings. The number of amides is 2. The molecule has 0 aliphatic heterocycles. The predicted molar refractivity (Wildman–Crippen MR) is 97.2 cm³/mol. The van der Waals surface area contributed by atoms with Crippen LogP contribution in [-0.4, -0.2) is 42.9 Å². The number of hydrogen-bond acceptors (Lipinski definition) is 4. The fourth-order valence-corrected chi connectivity index (χ4v) is 2.32. The Morgan fingerprint density at radius 1 is 1.07 bits per heavy atom. The van der Waals surface area contributed by atoms with Gasteiger partial charge in [-0.1, -0.05) is 30.3 Å². The maximum absolute atomic E-state index is 13.5. The average molecular weight is 390 g/mol. The molecule has 2 amide bonds. The fourth-order valence-electron chi connectivity index (χ4n) is 2.32. The number of likely N-dealkylation sites (N-methyl/N-ethyl adjacent to an activating group) is 1. The summed E-state index contributed by atoms with van der Waals surface area (Å²) in [5.74, 6) is -3.61. The molecular weight excluding hydrogens is 370 g/mol. The Morgan fingerprint density at radius 2 is 1.79 bits per heavy atom. The predicted octanol–water partition coefficient (Wildman–Crippen LogP) is 2.29. The summed E-state index contributed by atoms with van der Waals surface area (Å²) in [4.78, 5) is 36.9. The molecule has 8 heteroatoms. The molecular formula is C20H20F2N2O4. The van der Waals surface area contributed by atoms with Gasteiger partial charge in [-0.25, -0.2) is 8.78 Å². The number of benzene rings is 2. The van der Waals surface area contributed by atoms with Crippen molar-refractivity contribution in [2.24, 2.45) is 0 Å². The van der Waals surface area contributed by atoms with Gasteiger partial charge in [0, 0.05) is 26.2 Å². The number of carbonyl (C=O) groups excluding carboxylic acids is 3. The molecule has 0 bridgehead atoms. The molecule has 0 atom stereocenters. The number of carbonyl (C=O) groups is 3. The van der Waals surface area contributed by atoms with Gasteiger partial charge < -0.3 is 15.0 Å². The van der Waals surface area contributed by atoms with Crippen LogP contribution in [0.3, 0.4) is 0 Å². The van der Waals surface area contributed by atoms with Gasteiger partial charge in [0.15, 0.2) is 6.61 Å². The second kappa shape index (κ2) is 10.1. The van der Waals surface area contributed by atoms with Gasteiger partial charge in [0.1, 0.15) is 11.6 Å². The number of ether oxygens (including phenoxy) is 1. The third kappa shape index (κ3) is 6.46. The lowest BCUT2D eigenvalue weighted by atomic mass is 10.2. The van der Waals surface area contributed by atoms with Crippen LogP contribution in [0, 0.1) is 11.6 Å². The van der Waals surface area contributed by atoms with Crippen LogP contribution in [0.1, 0.15) is 22.3 Å². The van der Waals surface area contributed by atoms with Gasteiger partial charge in [0.05, 0.1) is 12.0 Å². The summed E-state index contributed by atoms with van der Waals surface area (Å²) >= 11 is 0. The Balaban J connectivity index is 1.69. The van der Waals surface area contributed by atoms with Crippen molar-refractivity contribution in [2.45, 2.75) is 13.0 Å². The summed E-state index contributed by atoms with van der Waals surface area (Å²) < 4.78 is 31.2. The van der Waals surface area contributed by atoms with Crippen molar-refractivity contribution >= 4 is 17.8 Å². The minimum Gasteiger partial charge on any atom is -0.456 e. The van der Waals surface area contributed by atoms with E-state index in [0.29, 0.717) is 12.6 Å². The highest BCUT2D eigenvalue weighted by Crippen LogP contribution is 2.09. The van der Waals surface area contributed by atoms with E-state index in [1.807, 2.05) is 30.3 Å². The molecule has 28 heavy (non-hydrogen) atoms. The first kappa shape index (κ1) is 21.0. The van der Waals surface area contributed by atoms with Crippen molar-refractivity contribution in [2.75, 3.05) is 20.2 Å². The lowest BCUT2D eigenvalue weighted by Gasteiger charge is -2.17. The first-order chi connectivity index (χ1) is 13.4. The molecule has 0 aromatic heterocycles. The second-order valence-corrected chi connectivity index (χ2v) is 6.03. The summed E-state index contributed by atoms with van der Waals surface area (Å²) in [6, 6.07) is 11.9. The molecule has 2 aromatic carbocycles. The van der Waals surface area contributed by atoms with Gasteiger partial charge in [0.25, 0.3) is 11.8 Å². The minimum atomic E-state index is -0.993. The van der Waals surface area contributed by atoms with Crippen LogP contribution in [0.4, 0.5) is 8.78 Å². The molecule has 1 N–H and O–H groups in total. The largest absolute Gasteiger partial charge is 0.456 e. The van der Waals surface area contributed by atoms with E-state index in [0.717, 1.165) is 17.7 Å². The van der Waals surface area contributed by atoms with Crippen LogP contribution in [0.5, 0.6) is 0 Å². The van der Waals surface area contributed by atoms with Crippen molar-refractivity contribution in [3.8, 4) is 0 Å². The third-order valence-electron chi connectivity index (χ3n) is 3.84. The number of nitrogens with one attached hydrogen (secondary N) is 1. The molecule has 0 radical (unpaired) electrons. The van der Waals surface area contributed by atoms with Gasteiger partial charge in [-0.2, -0.15) is 0 Å². The van der Waals surface area contributed by atoms with Crippen LogP contribution in [0.2, 0.25) is 0 Å². The van der Waals surface area contributed by atoms with E-state index in [2.05, 4.69) is 5.32 Å². The zero-order valence-electron chi connectivity index (χ0n) is 15.3. The molecule has 148 valence electrons. The molecule has 2 rings (SSSR count). The summed E-state index contributed by atoms with van der Waals surface area (Å²) in [6.45, 7) is -0.137. The number of nitrogens with zero attached hydrogens (tertiary/aromatic N) is 1. The SMILES string of the molecule is CN(Cc1ccccc1)C(=O)COC(=O)CCNC(=O)c1ccc(F)cc1F. The highest BCUT2D eigenvalue weighted by molar-refractivity contribution is 5.94. The quantitative estimate of drug-likeness (QED) is 0.702. The van der Waals surface area contributed by atoms with E-state index >= 15 is 0 Å². The molecule has 0 spiro atoms. The number of rotatable bonds is 8. The smallest absolute Gasteiger partial charge is 0.308 e. The Labute approximate surface area is 161 Å². The van der Waals surface area contributed by atoms with Crippen molar-refractivity contribution in [1.29, 1.82) is 0 Å².